The first kappa shape index (κ1) is 14.4. The molecule has 0 heterocycles. The summed E-state index contributed by atoms with van der Waals surface area (Å²) in [7, 11) is 1.79. The van der Waals surface area contributed by atoms with E-state index in [1.54, 1.807) is 30.1 Å². The van der Waals surface area contributed by atoms with Crippen LogP contribution in [-0.2, 0) is 6.54 Å². The van der Waals surface area contributed by atoms with Crippen LogP contribution < -0.4 is 5.32 Å². The Morgan fingerprint density at radius 1 is 1.40 bits per heavy atom. The highest BCUT2D eigenvalue weighted by molar-refractivity contribution is 5.87. The van der Waals surface area contributed by atoms with Gasteiger partial charge in [-0.25, -0.2) is 9.59 Å². The second-order valence-electron chi connectivity index (χ2n) is 5.34. The van der Waals surface area contributed by atoms with Crippen LogP contribution in [0.3, 0.4) is 0 Å². The molecule has 0 saturated heterocycles. The third kappa shape index (κ3) is 3.73. The van der Waals surface area contributed by atoms with Gasteiger partial charge in [0.05, 0.1) is 5.56 Å². The molecule has 5 heteroatoms. The number of carbonyl (C=O) groups excluding carboxylic acids is 1. The molecule has 0 aliphatic heterocycles. The molecule has 2 rings (SSSR count). The average Bonchev–Trinajstić information content (AvgIpc) is 2.40. The molecule has 1 aromatic carbocycles. The molecular weight excluding hydrogens is 256 g/mol. The van der Waals surface area contributed by atoms with Crippen LogP contribution in [0.2, 0.25) is 0 Å². The molecule has 1 aliphatic rings. The van der Waals surface area contributed by atoms with Crippen LogP contribution in [0, 0.1) is 5.92 Å². The number of nitrogens with one attached hydrogen (secondary N) is 1. The number of carboxylic acid groups (broad SMARTS) is 1. The molecule has 5 nitrogen and oxygen atoms in total. The molecule has 1 aromatic rings. The van der Waals surface area contributed by atoms with E-state index in [2.05, 4.69) is 5.32 Å². The Bertz CT molecular complexity index is 498. The van der Waals surface area contributed by atoms with Gasteiger partial charge in [0.2, 0.25) is 0 Å². The Balaban J connectivity index is 1.82. The van der Waals surface area contributed by atoms with Gasteiger partial charge in [-0.1, -0.05) is 18.6 Å². The lowest BCUT2D eigenvalue weighted by Gasteiger charge is -2.30. The minimum Gasteiger partial charge on any atom is -0.478 e. The first-order chi connectivity index (χ1) is 9.56. The maximum atomic E-state index is 11.9. The zero-order chi connectivity index (χ0) is 14.5. The van der Waals surface area contributed by atoms with E-state index in [1.165, 1.54) is 25.3 Å². The fourth-order valence-corrected chi connectivity index (χ4v) is 2.27. The van der Waals surface area contributed by atoms with Crippen molar-refractivity contribution in [3.63, 3.8) is 0 Å². The van der Waals surface area contributed by atoms with Crippen molar-refractivity contribution in [3.8, 4) is 0 Å². The molecule has 108 valence electrons. The van der Waals surface area contributed by atoms with Crippen molar-refractivity contribution in [1.82, 2.24) is 10.2 Å². The second-order valence-corrected chi connectivity index (χ2v) is 5.34. The van der Waals surface area contributed by atoms with E-state index < -0.39 is 5.97 Å². The molecule has 20 heavy (non-hydrogen) atoms. The molecule has 0 radical (unpaired) electrons. The minimum absolute atomic E-state index is 0.113. The number of benzene rings is 1. The summed E-state index contributed by atoms with van der Waals surface area (Å²) in [6, 6.07) is 6.49. The van der Waals surface area contributed by atoms with Crippen LogP contribution in [0.25, 0.3) is 0 Å². The fraction of sp³-hybridized carbons (Fsp3) is 0.467. The van der Waals surface area contributed by atoms with Crippen LogP contribution in [0.15, 0.2) is 24.3 Å². The first-order valence-corrected chi connectivity index (χ1v) is 6.87. The van der Waals surface area contributed by atoms with E-state index in [4.69, 9.17) is 5.11 Å². The van der Waals surface area contributed by atoms with Gasteiger partial charge >= 0.3 is 12.0 Å². The van der Waals surface area contributed by atoms with E-state index in [9.17, 15) is 9.59 Å². The number of carbonyl (C=O) groups is 2. The third-order valence-electron chi connectivity index (χ3n) is 3.72. The summed E-state index contributed by atoms with van der Waals surface area (Å²) < 4.78 is 0. The summed E-state index contributed by atoms with van der Waals surface area (Å²) in [4.78, 5) is 24.5. The minimum atomic E-state index is -0.958. The van der Waals surface area contributed by atoms with Crippen molar-refractivity contribution in [3.05, 3.63) is 35.4 Å². The van der Waals surface area contributed by atoms with Crippen molar-refractivity contribution in [2.24, 2.45) is 5.92 Å². The maximum Gasteiger partial charge on any atom is 0.335 e. The Morgan fingerprint density at radius 2 is 2.15 bits per heavy atom. The van der Waals surface area contributed by atoms with Gasteiger partial charge in [-0.05, 0) is 36.5 Å². The maximum absolute atomic E-state index is 11.9. The molecule has 1 fully saturated rings. The predicted molar refractivity (Wildman–Crippen MR) is 75.6 cm³/mol. The Morgan fingerprint density at radius 3 is 2.75 bits per heavy atom. The number of urea groups is 1. The van der Waals surface area contributed by atoms with Gasteiger partial charge in [-0.15, -0.1) is 0 Å². The lowest BCUT2D eigenvalue weighted by atomic mass is 9.85. The molecule has 2 N–H and O–H groups in total. The summed E-state index contributed by atoms with van der Waals surface area (Å²) >= 11 is 0. The average molecular weight is 276 g/mol. The van der Waals surface area contributed by atoms with Gasteiger partial charge in [0.1, 0.15) is 0 Å². The fourth-order valence-electron chi connectivity index (χ4n) is 2.27. The summed E-state index contributed by atoms with van der Waals surface area (Å²) in [5, 5.41) is 11.7. The van der Waals surface area contributed by atoms with Crippen LogP contribution in [0.1, 0.15) is 35.2 Å². The molecular formula is C15H20N2O3. The van der Waals surface area contributed by atoms with Crippen molar-refractivity contribution < 1.29 is 14.7 Å². The normalized spacial score (nSPS) is 14.4. The van der Waals surface area contributed by atoms with Crippen LogP contribution in [-0.4, -0.2) is 35.6 Å². The molecule has 0 spiro atoms. The quantitative estimate of drug-likeness (QED) is 0.867. The molecule has 0 unspecified atom stereocenters. The van der Waals surface area contributed by atoms with Gasteiger partial charge in [-0.2, -0.15) is 0 Å². The number of nitrogens with zero attached hydrogens (tertiary/aromatic N) is 1. The second kappa shape index (κ2) is 6.41. The molecule has 0 aromatic heterocycles. The number of hydrogen-bond donors (Lipinski definition) is 2. The molecule has 1 saturated carbocycles. The van der Waals surface area contributed by atoms with Crippen molar-refractivity contribution in [1.29, 1.82) is 0 Å². The lowest BCUT2D eigenvalue weighted by molar-refractivity contribution is 0.0696. The monoisotopic (exact) mass is 276 g/mol. The highest BCUT2D eigenvalue weighted by Gasteiger charge is 2.21. The Kier molecular flexibility index (Phi) is 4.61. The highest BCUT2D eigenvalue weighted by atomic mass is 16.4. The Hall–Kier alpha value is -2.04. The smallest absolute Gasteiger partial charge is 0.335 e. The molecule has 0 bridgehead atoms. The number of hydrogen-bond acceptors (Lipinski definition) is 2. The van der Waals surface area contributed by atoms with Crippen LogP contribution >= 0.6 is 0 Å². The van der Waals surface area contributed by atoms with E-state index in [1.807, 2.05) is 0 Å². The van der Waals surface area contributed by atoms with Crippen LogP contribution in [0.4, 0.5) is 4.79 Å². The zero-order valence-corrected chi connectivity index (χ0v) is 11.6. The van der Waals surface area contributed by atoms with E-state index in [0.717, 1.165) is 12.1 Å². The van der Waals surface area contributed by atoms with Crippen molar-refractivity contribution in [2.75, 3.05) is 13.6 Å². The summed E-state index contributed by atoms with van der Waals surface area (Å²) in [6.07, 6.45) is 3.68. The molecule has 1 aliphatic carbocycles. The Labute approximate surface area is 118 Å². The summed E-state index contributed by atoms with van der Waals surface area (Å²) in [6.45, 7) is 1.13. The summed E-state index contributed by atoms with van der Waals surface area (Å²) in [5.41, 5.74) is 1.02. The lowest BCUT2D eigenvalue weighted by Crippen LogP contribution is -2.40. The van der Waals surface area contributed by atoms with Gasteiger partial charge in [-0.3, -0.25) is 0 Å². The number of rotatable bonds is 5. The van der Waals surface area contributed by atoms with E-state index in [-0.39, 0.29) is 11.6 Å². The molecule has 2 amide bonds. The summed E-state index contributed by atoms with van der Waals surface area (Å²) in [5.74, 6) is -0.318. The van der Waals surface area contributed by atoms with Gasteiger partial charge < -0.3 is 15.3 Å². The number of carboxylic acids is 1. The topological polar surface area (TPSA) is 69.6 Å². The largest absolute Gasteiger partial charge is 0.478 e. The number of aromatic carboxylic acids is 1. The number of amides is 2. The zero-order valence-electron chi connectivity index (χ0n) is 11.6. The standard InChI is InChI=1S/C15H20N2O3/c1-17(10-11-4-2-5-11)15(20)16-9-12-6-3-7-13(8-12)14(18)19/h3,6-8,11H,2,4-5,9-10H2,1H3,(H,16,20)(H,18,19). The molecule has 0 atom stereocenters. The third-order valence-corrected chi connectivity index (χ3v) is 3.72. The van der Waals surface area contributed by atoms with E-state index in [0.29, 0.717) is 12.5 Å². The highest BCUT2D eigenvalue weighted by Crippen LogP contribution is 2.26. The van der Waals surface area contributed by atoms with E-state index >= 15 is 0 Å². The SMILES string of the molecule is CN(CC1CCC1)C(=O)NCc1cccc(C(=O)O)c1. The van der Waals surface area contributed by atoms with Crippen LogP contribution in [0.5, 0.6) is 0 Å². The van der Waals surface area contributed by atoms with Crippen molar-refractivity contribution in [2.45, 2.75) is 25.8 Å². The first-order valence-electron chi connectivity index (χ1n) is 6.87. The van der Waals surface area contributed by atoms with Crippen molar-refractivity contribution >= 4 is 12.0 Å². The van der Waals surface area contributed by atoms with Gasteiger partial charge in [0.15, 0.2) is 0 Å². The predicted octanol–water partition coefficient (Wildman–Crippen LogP) is 2.33. The van der Waals surface area contributed by atoms with Gasteiger partial charge in [0, 0.05) is 20.1 Å². The van der Waals surface area contributed by atoms with Gasteiger partial charge in [0.25, 0.3) is 0 Å².